The van der Waals surface area contributed by atoms with Gasteiger partial charge in [0.05, 0.1) is 17.5 Å². The largest absolute Gasteiger partial charge is 0.492 e. The van der Waals surface area contributed by atoms with E-state index in [1.807, 2.05) is 31.2 Å². The molecule has 2 N–H and O–H groups in total. The van der Waals surface area contributed by atoms with Crippen LogP contribution >= 0.6 is 11.8 Å². The van der Waals surface area contributed by atoms with E-state index in [9.17, 15) is 9.59 Å². The number of imide groups is 1. The van der Waals surface area contributed by atoms with Crippen LogP contribution in [0.5, 0.6) is 5.75 Å². The molecule has 0 unspecified atom stereocenters. The summed E-state index contributed by atoms with van der Waals surface area (Å²) in [5.74, 6) is 0.0751. The predicted molar refractivity (Wildman–Crippen MR) is 95.2 cm³/mol. The maximum Gasteiger partial charge on any atom is 0.247 e. The molecule has 3 rings (SSSR count). The number of ether oxygens (including phenoxy) is 1. The first kappa shape index (κ1) is 16.4. The van der Waals surface area contributed by atoms with Crippen molar-refractivity contribution < 1.29 is 14.3 Å². The second-order valence-corrected chi connectivity index (χ2v) is 6.56. The summed E-state index contributed by atoms with van der Waals surface area (Å²) in [7, 11) is 0. The standard InChI is InChI=1S/C18H18N2O3S/c1-2-23-14-9-5-4-8-13(14)20-17(21)11-16(18(20)22)24-15-10-6-3-7-12(15)19/h3-10,16H,2,11,19H2,1H3/t16-/m1/s1. The molecule has 0 aromatic heterocycles. The van der Waals surface area contributed by atoms with Crippen molar-refractivity contribution in [1.82, 2.24) is 0 Å². The lowest BCUT2D eigenvalue weighted by Crippen LogP contribution is -2.31. The summed E-state index contributed by atoms with van der Waals surface area (Å²) in [4.78, 5) is 27.2. The zero-order valence-corrected chi connectivity index (χ0v) is 14.1. The number of benzene rings is 2. The maximum atomic E-state index is 12.8. The lowest BCUT2D eigenvalue weighted by atomic mass is 10.2. The number of thioether (sulfide) groups is 1. The van der Waals surface area contributed by atoms with Gasteiger partial charge in [0.15, 0.2) is 0 Å². The topological polar surface area (TPSA) is 72.6 Å². The molecular weight excluding hydrogens is 324 g/mol. The van der Waals surface area contributed by atoms with Crippen LogP contribution in [0.2, 0.25) is 0 Å². The Kier molecular flexibility index (Phi) is 4.76. The smallest absolute Gasteiger partial charge is 0.247 e. The molecule has 0 bridgehead atoms. The molecule has 1 saturated heterocycles. The number of anilines is 2. The molecule has 124 valence electrons. The number of nitrogens with zero attached hydrogens (tertiary/aromatic N) is 1. The van der Waals surface area contributed by atoms with Crippen LogP contribution in [-0.4, -0.2) is 23.7 Å². The summed E-state index contributed by atoms with van der Waals surface area (Å²) < 4.78 is 5.55. The van der Waals surface area contributed by atoms with Gasteiger partial charge in [-0.1, -0.05) is 24.3 Å². The SMILES string of the molecule is CCOc1ccccc1N1C(=O)C[C@@H](Sc2ccccc2N)C1=O. The number of hydrogen-bond acceptors (Lipinski definition) is 5. The highest BCUT2D eigenvalue weighted by Gasteiger charge is 2.41. The highest BCUT2D eigenvalue weighted by Crippen LogP contribution is 2.38. The van der Waals surface area contributed by atoms with Gasteiger partial charge in [-0.05, 0) is 31.2 Å². The molecule has 5 nitrogen and oxygen atoms in total. The van der Waals surface area contributed by atoms with E-state index in [4.69, 9.17) is 10.5 Å². The van der Waals surface area contributed by atoms with E-state index < -0.39 is 5.25 Å². The average molecular weight is 342 g/mol. The van der Waals surface area contributed by atoms with Gasteiger partial charge in [-0.15, -0.1) is 11.8 Å². The van der Waals surface area contributed by atoms with Crippen LogP contribution in [0.3, 0.4) is 0 Å². The van der Waals surface area contributed by atoms with Crippen LogP contribution < -0.4 is 15.4 Å². The summed E-state index contributed by atoms with van der Waals surface area (Å²) in [6.07, 6.45) is 0.151. The van der Waals surface area contributed by atoms with Crippen molar-refractivity contribution in [1.29, 1.82) is 0 Å². The van der Waals surface area contributed by atoms with Gasteiger partial charge in [-0.25, -0.2) is 4.90 Å². The highest BCUT2D eigenvalue weighted by atomic mass is 32.2. The van der Waals surface area contributed by atoms with E-state index in [0.29, 0.717) is 23.7 Å². The van der Waals surface area contributed by atoms with E-state index >= 15 is 0 Å². The number of amides is 2. The molecule has 0 spiro atoms. The Bertz CT molecular complexity index is 778. The second-order valence-electron chi connectivity index (χ2n) is 5.32. The minimum Gasteiger partial charge on any atom is -0.492 e. The number of rotatable bonds is 5. The lowest BCUT2D eigenvalue weighted by Gasteiger charge is -2.18. The van der Waals surface area contributed by atoms with E-state index in [-0.39, 0.29) is 18.2 Å². The summed E-state index contributed by atoms with van der Waals surface area (Å²) in [5, 5.41) is -0.475. The van der Waals surface area contributed by atoms with E-state index in [2.05, 4.69) is 0 Å². The van der Waals surface area contributed by atoms with Crippen molar-refractivity contribution in [3.05, 3.63) is 48.5 Å². The fourth-order valence-corrected chi connectivity index (χ4v) is 3.71. The Hall–Kier alpha value is -2.47. The van der Waals surface area contributed by atoms with Gasteiger partial charge in [0.2, 0.25) is 11.8 Å². The molecule has 24 heavy (non-hydrogen) atoms. The molecule has 1 atom stereocenters. The molecule has 1 heterocycles. The van der Waals surface area contributed by atoms with E-state index in [1.165, 1.54) is 16.7 Å². The van der Waals surface area contributed by atoms with Crippen molar-refractivity contribution in [2.45, 2.75) is 23.5 Å². The summed E-state index contributed by atoms with van der Waals surface area (Å²) in [6.45, 7) is 2.33. The number of para-hydroxylation sites is 3. The fraction of sp³-hybridized carbons (Fsp3) is 0.222. The quantitative estimate of drug-likeness (QED) is 0.668. The van der Waals surface area contributed by atoms with Crippen LogP contribution in [0.15, 0.2) is 53.4 Å². The normalized spacial score (nSPS) is 17.4. The minimum absolute atomic E-state index is 0.151. The lowest BCUT2D eigenvalue weighted by molar-refractivity contribution is -0.121. The first-order chi connectivity index (χ1) is 11.6. The molecular formula is C18H18N2O3S. The number of carbonyl (C=O) groups is 2. The van der Waals surface area contributed by atoms with E-state index in [1.54, 1.807) is 24.3 Å². The third kappa shape index (κ3) is 3.10. The van der Waals surface area contributed by atoms with Gasteiger partial charge < -0.3 is 10.5 Å². The number of carbonyl (C=O) groups excluding carboxylic acids is 2. The number of nitrogen functional groups attached to an aromatic ring is 1. The molecule has 0 saturated carbocycles. The van der Waals surface area contributed by atoms with Gasteiger partial charge in [0, 0.05) is 17.0 Å². The minimum atomic E-state index is -0.475. The molecule has 2 amide bonds. The van der Waals surface area contributed by atoms with Crippen molar-refractivity contribution in [3.63, 3.8) is 0 Å². The average Bonchev–Trinajstić information content (AvgIpc) is 2.85. The summed E-state index contributed by atoms with van der Waals surface area (Å²) in [6, 6.07) is 14.4. The van der Waals surface area contributed by atoms with Gasteiger partial charge in [-0.3, -0.25) is 9.59 Å². The molecule has 0 aliphatic carbocycles. The van der Waals surface area contributed by atoms with Gasteiger partial charge in [0.1, 0.15) is 5.75 Å². The molecule has 2 aromatic carbocycles. The van der Waals surface area contributed by atoms with Gasteiger partial charge in [0.25, 0.3) is 0 Å². The van der Waals surface area contributed by atoms with Crippen molar-refractivity contribution in [2.24, 2.45) is 0 Å². The van der Waals surface area contributed by atoms with Gasteiger partial charge >= 0.3 is 0 Å². The Morgan fingerprint density at radius 3 is 2.62 bits per heavy atom. The van der Waals surface area contributed by atoms with Crippen molar-refractivity contribution in [2.75, 3.05) is 17.2 Å². The zero-order chi connectivity index (χ0) is 17.1. The van der Waals surface area contributed by atoms with Crippen LogP contribution in [0, 0.1) is 0 Å². The Balaban J connectivity index is 1.86. The number of nitrogens with two attached hydrogens (primary N) is 1. The third-order valence-electron chi connectivity index (χ3n) is 3.70. The Morgan fingerprint density at radius 2 is 1.88 bits per heavy atom. The Morgan fingerprint density at radius 1 is 1.17 bits per heavy atom. The molecule has 6 heteroatoms. The van der Waals surface area contributed by atoms with Crippen LogP contribution in [0.25, 0.3) is 0 Å². The second kappa shape index (κ2) is 6.97. The first-order valence-electron chi connectivity index (χ1n) is 7.71. The maximum absolute atomic E-state index is 12.8. The molecule has 1 fully saturated rings. The van der Waals surface area contributed by atoms with E-state index in [0.717, 1.165) is 4.90 Å². The first-order valence-corrected chi connectivity index (χ1v) is 8.59. The van der Waals surface area contributed by atoms with Crippen LogP contribution in [0.4, 0.5) is 11.4 Å². The fourth-order valence-electron chi connectivity index (χ4n) is 2.61. The zero-order valence-electron chi connectivity index (χ0n) is 13.3. The Labute approximate surface area is 144 Å². The summed E-state index contributed by atoms with van der Waals surface area (Å²) in [5.41, 5.74) is 7.04. The van der Waals surface area contributed by atoms with Gasteiger partial charge in [-0.2, -0.15) is 0 Å². The molecule has 1 aliphatic rings. The predicted octanol–water partition coefficient (Wildman–Crippen LogP) is 3.09. The van der Waals surface area contributed by atoms with Crippen molar-refractivity contribution in [3.8, 4) is 5.75 Å². The van der Waals surface area contributed by atoms with Crippen LogP contribution in [0.1, 0.15) is 13.3 Å². The van der Waals surface area contributed by atoms with Crippen molar-refractivity contribution >= 4 is 35.0 Å². The molecule has 2 aromatic rings. The van der Waals surface area contributed by atoms with Crippen LogP contribution in [-0.2, 0) is 9.59 Å². The third-order valence-corrected chi connectivity index (χ3v) is 4.98. The number of hydrogen-bond donors (Lipinski definition) is 1. The molecule has 0 radical (unpaired) electrons. The highest BCUT2D eigenvalue weighted by molar-refractivity contribution is 8.00. The monoisotopic (exact) mass is 342 g/mol. The molecule has 1 aliphatic heterocycles. The summed E-state index contributed by atoms with van der Waals surface area (Å²) >= 11 is 1.33.